The Labute approximate surface area is 286 Å². The minimum Gasteiger partial charge on any atom is -1.00 e. The van der Waals surface area contributed by atoms with Gasteiger partial charge in [-0.15, -0.1) is 0 Å². The van der Waals surface area contributed by atoms with E-state index in [-0.39, 0.29) is 42.3 Å². The molecule has 0 fully saturated rings. The predicted molar refractivity (Wildman–Crippen MR) is 174 cm³/mol. The number of para-hydroxylation sites is 1. The van der Waals surface area contributed by atoms with E-state index in [4.69, 9.17) is 8.97 Å². The Morgan fingerprint density at radius 1 is 0.844 bits per heavy atom. The molecular weight excluding hydrogens is 599 g/mol. The van der Waals surface area contributed by atoms with E-state index >= 15 is 0 Å². The van der Waals surface area contributed by atoms with Crippen LogP contribution in [-0.4, -0.2) is 30.5 Å². The molecule has 4 aromatic carbocycles. The third-order valence-electron chi connectivity index (χ3n) is 7.35. The van der Waals surface area contributed by atoms with Gasteiger partial charge in [-0.2, -0.15) is 8.42 Å². The molecule has 0 aliphatic heterocycles. The first-order chi connectivity index (χ1) is 20.8. The van der Waals surface area contributed by atoms with Gasteiger partial charge < -0.3 is 16.5 Å². The second kappa shape index (κ2) is 14.1. The maximum absolute atomic E-state index is 13.7. The predicted octanol–water partition coefficient (Wildman–Crippen LogP) is 4.31. The fourth-order valence-electron chi connectivity index (χ4n) is 4.97. The minimum atomic E-state index is -4.43. The average molecular weight is 635 g/mol. The maximum Gasteiger partial charge on any atom is 1.00 e. The summed E-state index contributed by atoms with van der Waals surface area (Å²) >= 11 is 0. The van der Waals surface area contributed by atoms with Gasteiger partial charge in [0.1, 0.15) is 11.3 Å². The SMILES string of the molecule is CC(C)(C)c1ccc(C(Cc2ccc(NC(=O)CS(=O)(=O)O)cc2)C(=O)Nc2ccc(-c3cc4ccccc4o3)cc2)cc1.[H-].[Na+]. The molecule has 45 heavy (non-hydrogen) atoms. The fraction of sp³-hybridized carbons (Fsp3) is 0.200. The standard InChI is InChI=1S/C35H34N2O6S.Na.H/c1-35(2,3)27-14-10-24(11-15-27)30(20-23-8-16-28(17-9-23)36-33(38)22-44(40,41)42)34(39)37-29-18-12-25(13-19-29)32-21-26-6-4-5-7-31(26)43-32;;/h4-19,21,30H,20,22H2,1-3H3,(H,36,38)(H,37,39)(H,40,41,42);;/q;+1;-1. The van der Waals surface area contributed by atoms with Crippen LogP contribution in [0.4, 0.5) is 11.4 Å². The van der Waals surface area contributed by atoms with Crippen molar-refractivity contribution in [2.45, 2.75) is 38.5 Å². The number of carbonyl (C=O) groups excluding carboxylic acids is 2. The molecule has 5 rings (SSSR count). The van der Waals surface area contributed by atoms with Crippen LogP contribution >= 0.6 is 0 Å². The smallest absolute Gasteiger partial charge is 1.00 e. The quantitative estimate of drug-likeness (QED) is 0.164. The van der Waals surface area contributed by atoms with Crippen LogP contribution in [0.25, 0.3) is 22.3 Å². The van der Waals surface area contributed by atoms with Crippen molar-refractivity contribution in [2.24, 2.45) is 0 Å². The zero-order chi connectivity index (χ0) is 31.5. The molecule has 10 heteroatoms. The summed E-state index contributed by atoms with van der Waals surface area (Å²) in [5.74, 6) is -1.81. The first-order valence-electron chi connectivity index (χ1n) is 14.2. The number of hydrogen-bond donors (Lipinski definition) is 3. The summed E-state index contributed by atoms with van der Waals surface area (Å²) in [7, 11) is -4.43. The molecule has 1 aromatic heterocycles. The normalized spacial score (nSPS) is 12.3. The Bertz CT molecular complexity index is 1870. The van der Waals surface area contributed by atoms with Crippen LogP contribution < -0.4 is 40.2 Å². The monoisotopic (exact) mass is 634 g/mol. The molecule has 1 heterocycles. The van der Waals surface area contributed by atoms with Gasteiger partial charge in [0.25, 0.3) is 10.1 Å². The molecule has 3 N–H and O–H groups in total. The molecule has 0 aliphatic carbocycles. The number of anilines is 2. The summed E-state index contributed by atoms with van der Waals surface area (Å²) in [5.41, 5.74) is 5.58. The van der Waals surface area contributed by atoms with Gasteiger partial charge in [0.2, 0.25) is 11.8 Å². The van der Waals surface area contributed by atoms with E-state index in [1.165, 1.54) is 0 Å². The molecule has 0 saturated carbocycles. The molecule has 1 atom stereocenters. The summed E-state index contributed by atoms with van der Waals surface area (Å²) in [5, 5.41) is 6.53. The van der Waals surface area contributed by atoms with Crippen LogP contribution in [0.15, 0.2) is 108 Å². The molecule has 5 aromatic rings. The van der Waals surface area contributed by atoms with Crippen molar-refractivity contribution in [3.63, 3.8) is 0 Å². The van der Waals surface area contributed by atoms with E-state index in [0.717, 1.165) is 39.0 Å². The van der Waals surface area contributed by atoms with Gasteiger partial charge in [-0.25, -0.2) is 0 Å². The Balaban J connectivity index is 0.00000288. The Morgan fingerprint density at radius 3 is 2.04 bits per heavy atom. The molecule has 0 bridgehead atoms. The van der Waals surface area contributed by atoms with Gasteiger partial charge in [0, 0.05) is 22.3 Å². The Morgan fingerprint density at radius 2 is 1.44 bits per heavy atom. The topological polar surface area (TPSA) is 126 Å². The summed E-state index contributed by atoms with van der Waals surface area (Å²) in [6, 6.07) is 32.2. The molecule has 0 saturated heterocycles. The van der Waals surface area contributed by atoms with Gasteiger partial charge in [-0.1, -0.05) is 75.4 Å². The van der Waals surface area contributed by atoms with Crippen LogP contribution in [-0.2, 0) is 31.5 Å². The molecule has 1 unspecified atom stereocenters. The molecular formula is C35H35N2NaO6S. The number of fused-ring (bicyclic) bond motifs is 1. The zero-order valence-corrected chi connectivity index (χ0v) is 28.5. The van der Waals surface area contributed by atoms with Crippen molar-refractivity contribution in [3.8, 4) is 11.3 Å². The van der Waals surface area contributed by atoms with E-state index in [0.29, 0.717) is 17.8 Å². The minimum absolute atomic E-state index is 0. The second-order valence-electron chi connectivity index (χ2n) is 11.8. The first kappa shape index (κ1) is 34.1. The molecule has 2 amide bonds. The largest absolute Gasteiger partial charge is 1.00 e. The summed E-state index contributed by atoms with van der Waals surface area (Å²) in [6.45, 7) is 6.41. The number of amides is 2. The van der Waals surface area contributed by atoms with Crippen LogP contribution in [0, 0.1) is 0 Å². The van der Waals surface area contributed by atoms with Crippen LogP contribution in [0.2, 0.25) is 0 Å². The Kier molecular flexibility index (Phi) is 10.7. The van der Waals surface area contributed by atoms with Crippen molar-refractivity contribution in [1.29, 1.82) is 0 Å². The van der Waals surface area contributed by atoms with Gasteiger partial charge in [-0.3, -0.25) is 14.1 Å². The number of furan rings is 1. The number of hydrogen-bond acceptors (Lipinski definition) is 5. The van der Waals surface area contributed by atoms with Crippen molar-refractivity contribution < 1.29 is 58.0 Å². The molecule has 0 aliphatic rings. The average Bonchev–Trinajstić information content (AvgIpc) is 3.40. The van der Waals surface area contributed by atoms with Crippen molar-refractivity contribution >= 4 is 44.3 Å². The second-order valence-corrected chi connectivity index (χ2v) is 13.3. The number of nitrogens with one attached hydrogen (secondary N) is 2. The zero-order valence-electron chi connectivity index (χ0n) is 26.7. The van der Waals surface area contributed by atoms with Crippen LogP contribution in [0.1, 0.15) is 44.8 Å². The van der Waals surface area contributed by atoms with E-state index in [2.05, 4.69) is 31.4 Å². The molecule has 0 radical (unpaired) electrons. The molecule has 8 nitrogen and oxygen atoms in total. The van der Waals surface area contributed by atoms with E-state index in [1.807, 2.05) is 78.9 Å². The van der Waals surface area contributed by atoms with Gasteiger partial charge >= 0.3 is 29.6 Å². The summed E-state index contributed by atoms with van der Waals surface area (Å²) < 4.78 is 36.8. The van der Waals surface area contributed by atoms with Crippen molar-refractivity contribution in [2.75, 3.05) is 16.4 Å². The third-order valence-corrected chi connectivity index (χ3v) is 7.98. The summed E-state index contributed by atoms with van der Waals surface area (Å²) in [6.07, 6.45) is 0.386. The van der Waals surface area contributed by atoms with Crippen LogP contribution in [0.5, 0.6) is 0 Å². The van der Waals surface area contributed by atoms with Gasteiger partial charge in [0.05, 0.1) is 5.92 Å². The molecule has 228 valence electrons. The van der Waals surface area contributed by atoms with E-state index in [1.54, 1.807) is 24.3 Å². The van der Waals surface area contributed by atoms with Gasteiger partial charge in [-0.05, 0) is 77.1 Å². The van der Waals surface area contributed by atoms with Crippen molar-refractivity contribution in [1.82, 2.24) is 0 Å². The number of benzene rings is 4. The summed E-state index contributed by atoms with van der Waals surface area (Å²) in [4.78, 5) is 25.6. The van der Waals surface area contributed by atoms with Crippen LogP contribution in [0.3, 0.4) is 0 Å². The Hall–Kier alpha value is -3.73. The third kappa shape index (κ3) is 9.15. The number of carbonyl (C=O) groups is 2. The van der Waals surface area contributed by atoms with Crippen molar-refractivity contribution in [3.05, 3.63) is 120 Å². The van der Waals surface area contributed by atoms with Gasteiger partial charge in [0.15, 0.2) is 5.75 Å². The maximum atomic E-state index is 13.7. The van der Waals surface area contributed by atoms with E-state index in [9.17, 15) is 18.0 Å². The fourth-order valence-corrected chi connectivity index (χ4v) is 5.37. The van der Waals surface area contributed by atoms with E-state index < -0.39 is 27.7 Å². The molecule has 0 spiro atoms. The number of rotatable bonds is 9. The first-order valence-corrected chi connectivity index (χ1v) is 15.8.